The molecule has 0 fully saturated rings. The van der Waals surface area contributed by atoms with Crippen molar-refractivity contribution in [2.75, 3.05) is 19.8 Å². The second kappa shape index (κ2) is 9.73. The van der Waals surface area contributed by atoms with Gasteiger partial charge in [0.1, 0.15) is 6.61 Å². The van der Waals surface area contributed by atoms with E-state index in [1.54, 1.807) is 17.0 Å². The molecule has 1 amide bonds. The van der Waals surface area contributed by atoms with E-state index in [4.69, 9.17) is 27.9 Å². The number of carbonyl (C=O) groups excluding carboxylic acids is 1. The van der Waals surface area contributed by atoms with Crippen molar-refractivity contribution in [2.45, 2.75) is 18.9 Å². The van der Waals surface area contributed by atoms with Crippen molar-refractivity contribution in [1.29, 1.82) is 0 Å². The third-order valence-electron chi connectivity index (χ3n) is 5.54. The summed E-state index contributed by atoms with van der Waals surface area (Å²) in [5.74, 6) is 0.000943. The van der Waals surface area contributed by atoms with Gasteiger partial charge in [-0.05, 0) is 46.4 Å². The van der Waals surface area contributed by atoms with Gasteiger partial charge in [-0.15, -0.1) is 0 Å². The SMILES string of the molecule is O=C(OCC1c2ccccc2-c2ccccc21)N(CCCO)Cc1ccc(Cl)c(Cl)c1. The molecule has 1 N–H and O–H groups in total. The molecule has 0 bridgehead atoms. The van der Waals surface area contributed by atoms with Crippen LogP contribution >= 0.6 is 23.2 Å². The maximum absolute atomic E-state index is 12.9. The summed E-state index contributed by atoms with van der Waals surface area (Å²) in [6, 6.07) is 21.7. The lowest BCUT2D eigenvalue weighted by atomic mass is 9.98. The lowest BCUT2D eigenvalue weighted by molar-refractivity contribution is 0.0944. The molecule has 0 spiro atoms. The van der Waals surface area contributed by atoms with E-state index in [1.807, 2.05) is 30.3 Å². The molecule has 0 aromatic heterocycles. The van der Waals surface area contributed by atoms with Gasteiger partial charge in [-0.25, -0.2) is 4.79 Å². The Morgan fingerprint density at radius 2 is 1.58 bits per heavy atom. The molecule has 3 aromatic carbocycles. The molecule has 0 heterocycles. The van der Waals surface area contributed by atoms with Gasteiger partial charge in [0.25, 0.3) is 0 Å². The van der Waals surface area contributed by atoms with Crippen molar-refractivity contribution in [3.05, 3.63) is 93.5 Å². The fourth-order valence-electron chi connectivity index (χ4n) is 4.04. The van der Waals surface area contributed by atoms with Crippen LogP contribution in [-0.2, 0) is 11.3 Å². The molecule has 0 atom stereocenters. The Labute approximate surface area is 192 Å². The van der Waals surface area contributed by atoms with Gasteiger partial charge in [-0.3, -0.25) is 0 Å². The zero-order chi connectivity index (χ0) is 21.8. The summed E-state index contributed by atoms with van der Waals surface area (Å²) in [4.78, 5) is 14.5. The van der Waals surface area contributed by atoms with E-state index in [9.17, 15) is 9.90 Å². The Hall–Kier alpha value is -2.53. The van der Waals surface area contributed by atoms with Crippen LogP contribution in [0.25, 0.3) is 11.1 Å². The average Bonchev–Trinajstić information content (AvgIpc) is 3.11. The predicted octanol–water partition coefficient (Wildman–Crippen LogP) is 6.13. The van der Waals surface area contributed by atoms with Crippen molar-refractivity contribution in [3.63, 3.8) is 0 Å². The molecule has 6 heteroatoms. The highest BCUT2D eigenvalue weighted by Gasteiger charge is 2.29. The number of hydrogen-bond acceptors (Lipinski definition) is 3. The van der Waals surface area contributed by atoms with Crippen molar-refractivity contribution >= 4 is 29.3 Å². The van der Waals surface area contributed by atoms with Crippen LogP contribution in [0.2, 0.25) is 10.0 Å². The van der Waals surface area contributed by atoms with Crippen molar-refractivity contribution in [2.24, 2.45) is 0 Å². The second-order valence-electron chi connectivity index (χ2n) is 7.55. The number of aliphatic hydroxyl groups excluding tert-OH is 1. The topological polar surface area (TPSA) is 49.8 Å². The maximum atomic E-state index is 12.9. The van der Waals surface area contributed by atoms with E-state index in [2.05, 4.69) is 24.3 Å². The summed E-state index contributed by atoms with van der Waals surface area (Å²) in [5.41, 5.74) is 5.56. The number of benzene rings is 3. The van der Waals surface area contributed by atoms with Crippen molar-refractivity contribution in [3.8, 4) is 11.1 Å². The van der Waals surface area contributed by atoms with Gasteiger partial charge in [0.2, 0.25) is 0 Å². The first-order valence-corrected chi connectivity index (χ1v) is 11.0. The Kier molecular flexibility index (Phi) is 6.81. The third-order valence-corrected chi connectivity index (χ3v) is 6.28. The van der Waals surface area contributed by atoms with Crippen LogP contribution in [0.4, 0.5) is 4.79 Å². The molecule has 3 aromatic rings. The molecular weight excluding hydrogens is 433 g/mol. The summed E-state index contributed by atoms with van der Waals surface area (Å²) >= 11 is 12.1. The predicted molar refractivity (Wildman–Crippen MR) is 124 cm³/mol. The zero-order valence-electron chi connectivity index (χ0n) is 16.9. The number of halogens is 2. The third kappa shape index (κ3) is 4.72. The monoisotopic (exact) mass is 455 g/mol. The summed E-state index contributed by atoms with van der Waals surface area (Å²) in [6.07, 6.45) is 0.0484. The quantitative estimate of drug-likeness (QED) is 0.466. The fraction of sp³-hybridized carbons (Fsp3) is 0.240. The van der Waals surface area contributed by atoms with E-state index in [0.29, 0.717) is 29.6 Å². The molecule has 0 aliphatic heterocycles. The van der Waals surface area contributed by atoms with E-state index >= 15 is 0 Å². The minimum atomic E-state index is -0.415. The first-order valence-electron chi connectivity index (χ1n) is 10.2. The maximum Gasteiger partial charge on any atom is 0.410 e. The van der Waals surface area contributed by atoms with Crippen LogP contribution < -0.4 is 0 Å². The van der Waals surface area contributed by atoms with E-state index in [-0.39, 0.29) is 19.1 Å². The number of amides is 1. The number of ether oxygens (including phenoxy) is 1. The number of fused-ring (bicyclic) bond motifs is 3. The minimum absolute atomic E-state index is 0.000943. The molecule has 0 radical (unpaired) electrons. The highest BCUT2D eigenvalue weighted by Crippen LogP contribution is 2.44. The summed E-state index contributed by atoms with van der Waals surface area (Å²) in [5, 5.41) is 10.2. The van der Waals surface area contributed by atoms with Gasteiger partial charge in [-0.2, -0.15) is 0 Å². The van der Waals surface area contributed by atoms with Crippen LogP contribution in [0, 0.1) is 0 Å². The van der Waals surface area contributed by atoms with Crippen molar-refractivity contribution < 1.29 is 14.6 Å². The molecule has 1 aliphatic carbocycles. The fourth-order valence-corrected chi connectivity index (χ4v) is 4.36. The molecule has 1 aliphatic rings. The van der Waals surface area contributed by atoms with E-state index < -0.39 is 6.09 Å². The molecule has 0 unspecified atom stereocenters. The first kappa shape index (κ1) is 21.7. The summed E-state index contributed by atoms with van der Waals surface area (Å²) in [6.45, 7) is 0.958. The highest BCUT2D eigenvalue weighted by molar-refractivity contribution is 6.42. The number of hydrogen-bond donors (Lipinski definition) is 1. The summed E-state index contributed by atoms with van der Waals surface area (Å²) in [7, 11) is 0. The van der Waals surface area contributed by atoms with Gasteiger partial charge in [0.05, 0.1) is 10.0 Å². The number of nitrogens with zero attached hydrogens (tertiary/aromatic N) is 1. The Balaban J connectivity index is 1.49. The second-order valence-corrected chi connectivity index (χ2v) is 8.37. The smallest absolute Gasteiger partial charge is 0.410 e. The normalized spacial score (nSPS) is 12.4. The average molecular weight is 456 g/mol. The van der Waals surface area contributed by atoms with Crippen LogP contribution in [-0.4, -0.2) is 35.9 Å². The Morgan fingerprint density at radius 1 is 0.935 bits per heavy atom. The molecule has 4 rings (SSSR count). The number of aliphatic hydroxyl groups is 1. The number of carbonyl (C=O) groups is 1. The van der Waals surface area contributed by atoms with Crippen molar-refractivity contribution in [1.82, 2.24) is 4.90 Å². The largest absolute Gasteiger partial charge is 0.448 e. The minimum Gasteiger partial charge on any atom is -0.448 e. The highest BCUT2D eigenvalue weighted by atomic mass is 35.5. The molecule has 4 nitrogen and oxygen atoms in total. The van der Waals surface area contributed by atoms with Crippen LogP contribution in [0.5, 0.6) is 0 Å². The van der Waals surface area contributed by atoms with E-state index in [0.717, 1.165) is 5.56 Å². The van der Waals surface area contributed by atoms with Crippen LogP contribution in [0.1, 0.15) is 29.0 Å². The van der Waals surface area contributed by atoms with Gasteiger partial charge < -0.3 is 14.7 Å². The molecular formula is C25H23Cl2NO3. The van der Waals surface area contributed by atoms with Crippen LogP contribution in [0.3, 0.4) is 0 Å². The van der Waals surface area contributed by atoms with Crippen LogP contribution in [0.15, 0.2) is 66.7 Å². The van der Waals surface area contributed by atoms with E-state index in [1.165, 1.54) is 22.3 Å². The molecule has 0 saturated heterocycles. The number of rotatable bonds is 7. The summed E-state index contributed by atoms with van der Waals surface area (Å²) < 4.78 is 5.77. The van der Waals surface area contributed by atoms with Gasteiger partial charge in [0, 0.05) is 25.6 Å². The van der Waals surface area contributed by atoms with Gasteiger partial charge in [-0.1, -0.05) is 77.8 Å². The zero-order valence-corrected chi connectivity index (χ0v) is 18.4. The molecule has 31 heavy (non-hydrogen) atoms. The lowest BCUT2D eigenvalue weighted by Gasteiger charge is -2.23. The van der Waals surface area contributed by atoms with Gasteiger partial charge >= 0.3 is 6.09 Å². The Morgan fingerprint density at radius 3 is 2.19 bits per heavy atom. The Bertz CT molecular complexity index is 1040. The van der Waals surface area contributed by atoms with Gasteiger partial charge in [0.15, 0.2) is 0 Å². The standard InChI is InChI=1S/C25H23Cl2NO3/c26-23-11-10-17(14-24(23)27)15-28(12-5-13-29)25(30)31-16-22-20-8-3-1-6-18(20)19-7-2-4-9-21(19)22/h1-4,6-11,14,22,29H,5,12-13,15-16H2. The first-order chi connectivity index (χ1) is 15.1. The molecule has 160 valence electrons. The molecule has 0 saturated carbocycles. The lowest BCUT2D eigenvalue weighted by Crippen LogP contribution is -2.33.